The Hall–Kier alpha value is -4.39. The van der Waals surface area contributed by atoms with E-state index in [1.54, 1.807) is 13.0 Å². The van der Waals surface area contributed by atoms with Gasteiger partial charge in [0.1, 0.15) is 17.5 Å². The predicted molar refractivity (Wildman–Crippen MR) is 127 cm³/mol. The van der Waals surface area contributed by atoms with Crippen LogP contribution in [-0.4, -0.2) is 28.1 Å². The summed E-state index contributed by atoms with van der Waals surface area (Å²) in [6.45, 7) is 1.63. The molecule has 1 aromatic heterocycles. The number of para-hydroxylation sites is 1. The Morgan fingerprint density at radius 2 is 1.61 bits per heavy atom. The molecule has 0 bridgehead atoms. The lowest BCUT2D eigenvalue weighted by Gasteiger charge is -2.13. The first kappa shape index (κ1) is 21.8. The molecular formula is C26H24N4O3. The van der Waals surface area contributed by atoms with Gasteiger partial charge in [-0.15, -0.1) is 0 Å². The highest BCUT2D eigenvalue weighted by atomic mass is 16.5. The monoisotopic (exact) mass is 440 g/mol. The molecule has 0 aliphatic heterocycles. The van der Waals surface area contributed by atoms with Gasteiger partial charge in [-0.05, 0) is 42.3 Å². The van der Waals surface area contributed by atoms with Gasteiger partial charge in [0.2, 0.25) is 11.8 Å². The number of aromatic amines is 1. The van der Waals surface area contributed by atoms with Crippen LogP contribution in [-0.2, 0) is 16.0 Å². The highest BCUT2D eigenvalue weighted by Crippen LogP contribution is 2.22. The van der Waals surface area contributed by atoms with Crippen molar-refractivity contribution in [2.24, 2.45) is 0 Å². The van der Waals surface area contributed by atoms with Gasteiger partial charge in [0, 0.05) is 6.07 Å². The Morgan fingerprint density at radius 3 is 2.36 bits per heavy atom. The molecule has 4 aromatic rings. The second kappa shape index (κ2) is 10.3. The zero-order valence-corrected chi connectivity index (χ0v) is 18.1. The molecule has 33 heavy (non-hydrogen) atoms. The Labute approximate surface area is 191 Å². The maximum absolute atomic E-state index is 12.5. The molecule has 2 amide bonds. The number of carbonyl (C=O) groups is 2. The average molecular weight is 441 g/mol. The molecule has 0 radical (unpaired) electrons. The summed E-state index contributed by atoms with van der Waals surface area (Å²) in [6, 6.07) is 27.4. The fourth-order valence-electron chi connectivity index (χ4n) is 3.27. The molecular weight excluding hydrogens is 416 g/mol. The molecule has 0 fully saturated rings. The third-order valence-electron chi connectivity index (χ3n) is 4.93. The number of carbonyl (C=O) groups excluding carboxylic acids is 2. The van der Waals surface area contributed by atoms with Crippen LogP contribution in [0.5, 0.6) is 11.5 Å². The van der Waals surface area contributed by atoms with E-state index in [4.69, 9.17) is 4.74 Å². The number of nitrogens with one attached hydrogen (secondary N) is 3. The van der Waals surface area contributed by atoms with E-state index < -0.39 is 6.04 Å². The first-order chi connectivity index (χ1) is 16.1. The second-order valence-corrected chi connectivity index (χ2v) is 7.55. The number of amides is 2. The molecule has 3 N–H and O–H groups in total. The molecule has 1 heterocycles. The number of nitrogens with zero attached hydrogens (tertiary/aromatic N) is 1. The summed E-state index contributed by atoms with van der Waals surface area (Å²) in [5.41, 5.74) is 2.54. The van der Waals surface area contributed by atoms with Crippen molar-refractivity contribution in [1.29, 1.82) is 0 Å². The van der Waals surface area contributed by atoms with Crippen molar-refractivity contribution in [1.82, 2.24) is 15.5 Å². The normalized spacial score (nSPS) is 11.4. The van der Waals surface area contributed by atoms with Crippen LogP contribution >= 0.6 is 0 Å². The van der Waals surface area contributed by atoms with E-state index in [0.29, 0.717) is 11.6 Å². The third-order valence-corrected chi connectivity index (χ3v) is 4.93. The molecule has 166 valence electrons. The van der Waals surface area contributed by atoms with Gasteiger partial charge in [-0.1, -0.05) is 60.7 Å². The predicted octanol–water partition coefficient (Wildman–Crippen LogP) is 4.55. The number of hydrogen-bond donors (Lipinski definition) is 3. The quantitative estimate of drug-likeness (QED) is 0.374. The van der Waals surface area contributed by atoms with Crippen molar-refractivity contribution >= 4 is 17.6 Å². The van der Waals surface area contributed by atoms with Gasteiger partial charge in [0.25, 0.3) is 0 Å². The molecule has 0 spiro atoms. The van der Waals surface area contributed by atoms with Crippen LogP contribution in [0.2, 0.25) is 0 Å². The number of rotatable bonds is 8. The molecule has 4 rings (SSSR count). The molecule has 7 nitrogen and oxygen atoms in total. The van der Waals surface area contributed by atoms with Crippen molar-refractivity contribution in [3.63, 3.8) is 0 Å². The summed E-state index contributed by atoms with van der Waals surface area (Å²) in [5, 5.41) is 12.5. The van der Waals surface area contributed by atoms with Gasteiger partial charge in [-0.2, -0.15) is 5.10 Å². The van der Waals surface area contributed by atoms with E-state index in [1.165, 1.54) is 0 Å². The van der Waals surface area contributed by atoms with E-state index in [-0.39, 0.29) is 18.2 Å². The van der Waals surface area contributed by atoms with Gasteiger partial charge in [0.05, 0.1) is 12.1 Å². The highest BCUT2D eigenvalue weighted by Gasteiger charge is 2.17. The summed E-state index contributed by atoms with van der Waals surface area (Å²) in [7, 11) is 0. The molecule has 3 aromatic carbocycles. The van der Waals surface area contributed by atoms with Gasteiger partial charge in [0.15, 0.2) is 5.82 Å². The Bertz CT molecular complexity index is 1220. The van der Waals surface area contributed by atoms with E-state index in [0.717, 1.165) is 22.6 Å². The topological polar surface area (TPSA) is 96.1 Å². The SMILES string of the molecule is CC(NC(=O)Cc1cccc(Oc2ccccc2)c1)C(=O)Nc1cc(-c2ccccc2)[nH]n1. The summed E-state index contributed by atoms with van der Waals surface area (Å²) < 4.78 is 5.81. The highest BCUT2D eigenvalue weighted by molar-refractivity contribution is 5.96. The molecule has 0 aliphatic carbocycles. The Kier molecular flexibility index (Phi) is 6.80. The van der Waals surface area contributed by atoms with Crippen LogP contribution in [0.3, 0.4) is 0 Å². The van der Waals surface area contributed by atoms with Crippen LogP contribution in [0, 0.1) is 0 Å². The van der Waals surface area contributed by atoms with Crippen molar-refractivity contribution in [3.8, 4) is 22.8 Å². The van der Waals surface area contributed by atoms with Gasteiger partial charge < -0.3 is 15.4 Å². The van der Waals surface area contributed by atoms with Crippen LogP contribution in [0.1, 0.15) is 12.5 Å². The number of aromatic nitrogens is 2. The number of hydrogen-bond acceptors (Lipinski definition) is 4. The molecule has 7 heteroatoms. The van der Waals surface area contributed by atoms with Crippen molar-refractivity contribution < 1.29 is 14.3 Å². The van der Waals surface area contributed by atoms with Crippen molar-refractivity contribution in [2.75, 3.05) is 5.32 Å². The lowest BCUT2D eigenvalue weighted by molar-refractivity contribution is -0.125. The van der Waals surface area contributed by atoms with Gasteiger partial charge in [-0.3, -0.25) is 14.7 Å². The van der Waals surface area contributed by atoms with Gasteiger partial charge in [-0.25, -0.2) is 0 Å². The number of ether oxygens (including phenoxy) is 1. The maximum Gasteiger partial charge on any atom is 0.247 e. The fourth-order valence-corrected chi connectivity index (χ4v) is 3.27. The van der Waals surface area contributed by atoms with Gasteiger partial charge >= 0.3 is 0 Å². The van der Waals surface area contributed by atoms with Crippen LogP contribution in [0.25, 0.3) is 11.3 Å². The van der Waals surface area contributed by atoms with Crippen molar-refractivity contribution in [2.45, 2.75) is 19.4 Å². The van der Waals surface area contributed by atoms with E-state index in [1.807, 2.05) is 84.9 Å². The second-order valence-electron chi connectivity index (χ2n) is 7.55. The largest absolute Gasteiger partial charge is 0.457 e. The molecule has 1 unspecified atom stereocenters. The standard InChI is InChI=1S/C26H24N4O3/c1-18(26(32)28-24-17-23(29-30-24)20-10-4-2-5-11-20)27-25(31)16-19-9-8-14-22(15-19)33-21-12-6-3-7-13-21/h2-15,17-18H,16H2,1H3,(H,27,31)(H2,28,29,30,32). The first-order valence-electron chi connectivity index (χ1n) is 10.6. The zero-order chi connectivity index (χ0) is 23.0. The van der Waals surface area contributed by atoms with Crippen molar-refractivity contribution in [3.05, 3.63) is 96.6 Å². The summed E-state index contributed by atoms with van der Waals surface area (Å²) in [6.07, 6.45) is 0.129. The lowest BCUT2D eigenvalue weighted by Crippen LogP contribution is -2.42. The smallest absolute Gasteiger partial charge is 0.247 e. The minimum Gasteiger partial charge on any atom is -0.457 e. The summed E-state index contributed by atoms with van der Waals surface area (Å²) in [4.78, 5) is 25.0. The number of H-pyrrole nitrogens is 1. The Morgan fingerprint density at radius 1 is 0.909 bits per heavy atom. The average Bonchev–Trinajstić information content (AvgIpc) is 3.29. The third kappa shape index (κ3) is 6.07. The molecule has 0 aliphatic rings. The van der Waals surface area contributed by atoms with Crippen LogP contribution in [0.15, 0.2) is 91.0 Å². The molecule has 1 atom stereocenters. The van der Waals surface area contributed by atoms with E-state index >= 15 is 0 Å². The minimum atomic E-state index is -0.724. The number of anilines is 1. The lowest BCUT2D eigenvalue weighted by atomic mass is 10.1. The molecule has 0 saturated carbocycles. The minimum absolute atomic E-state index is 0.129. The van der Waals surface area contributed by atoms with E-state index in [2.05, 4.69) is 20.8 Å². The zero-order valence-electron chi connectivity index (χ0n) is 18.1. The molecule has 0 saturated heterocycles. The van der Waals surface area contributed by atoms with E-state index in [9.17, 15) is 9.59 Å². The Balaban J connectivity index is 1.30. The fraction of sp³-hybridized carbons (Fsp3) is 0.115. The van der Waals surface area contributed by atoms with Crippen LogP contribution in [0.4, 0.5) is 5.82 Å². The number of benzene rings is 3. The summed E-state index contributed by atoms with van der Waals surface area (Å²) in [5.74, 6) is 1.14. The maximum atomic E-state index is 12.5. The first-order valence-corrected chi connectivity index (χ1v) is 10.6. The van der Waals surface area contributed by atoms with Crippen LogP contribution < -0.4 is 15.4 Å². The summed E-state index contributed by atoms with van der Waals surface area (Å²) >= 11 is 0.